The molecular weight excluding hydrogens is 318 g/mol. The lowest BCUT2D eigenvalue weighted by atomic mass is 9.82. The number of hydrogen-bond donors (Lipinski definition) is 0. The van der Waals surface area contributed by atoms with Crippen LogP contribution in [0.1, 0.15) is 32.3 Å². The molecule has 25 heavy (non-hydrogen) atoms. The minimum absolute atomic E-state index is 0.0352. The Balaban J connectivity index is 1.64. The molecule has 0 saturated carbocycles. The molecule has 1 aromatic carbocycles. The summed E-state index contributed by atoms with van der Waals surface area (Å²) in [5, 5.41) is 0. The largest absolute Gasteiger partial charge is 0.445 e. The van der Waals surface area contributed by atoms with E-state index >= 15 is 0 Å². The minimum Gasteiger partial charge on any atom is -0.445 e. The maximum atomic E-state index is 12.6. The molecule has 2 aliphatic heterocycles. The molecule has 3 rings (SSSR count). The molecule has 0 spiro atoms. The number of allylic oxidation sites excluding steroid dienone is 2. The van der Waals surface area contributed by atoms with E-state index in [0.717, 1.165) is 11.1 Å². The SMILES string of the molecule is CC(C)=CC(=O)C1CC2COCC(C1)N2C(=O)OCc1ccccc1. The number of piperidine rings is 1. The van der Waals surface area contributed by atoms with E-state index in [1.54, 1.807) is 11.0 Å². The van der Waals surface area contributed by atoms with Crippen molar-refractivity contribution in [1.82, 2.24) is 4.90 Å². The number of hydrogen-bond acceptors (Lipinski definition) is 4. The van der Waals surface area contributed by atoms with Crippen molar-refractivity contribution in [3.05, 3.63) is 47.5 Å². The van der Waals surface area contributed by atoms with E-state index in [0.29, 0.717) is 26.1 Å². The summed E-state index contributed by atoms with van der Waals surface area (Å²) in [6.45, 7) is 5.05. The van der Waals surface area contributed by atoms with Gasteiger partial charge in [0.05, 0.1) is 25.3 Å². The Bertz CT molecular complexity index is 637. The van der Waals surface area contributed by atoms with Gasteiger partial charge in [-0.1, -0.05) is 35.9 Å². The zero-order valence-electron chi connectivity index (χ0n) is 14.8. The van der Waals surface area contributed by atoms with Crippen molar-refractivity contribution in [1.29, 1.82) is 0 Å². The van der Waals surface area contributed by atoms with E-state index < -0.39 is 0 Å². The summed E-state index contributed by atoms with van der Waals surface area (Å²) in [6, 6.07) is 9.47. The third-order valence-electron chi connectivity index (χ3n) is 4.77. The Morgan fingerprint density at radius 2 is 1.80 bits per heavy atom. The molecule has 0 N–H and O–H groups in total. The molecule has 0 aliphatic carbocycles. The van der Waals surface area contributed by atoms with Crippen LogP contribution in [0.3, 0.4) is 0 Å². The zero-order valence-corrected chi connectivity index (χ0v) is 14.8. The van der Waals surface area contributed by atoms with Gasteiger partial charge >= 0.3 is 6.09 Å². The zero-order chi connectivity index (χ0) is 17.8. The van der Waals surface area contributed by atoms with Crippen molar-refractivity contribution >= 4 is 11.9 Å². The molecule has 1 amide bonds. The summed E-state index contributed by atoms with van der Waals surface area (Å²) < 4.78 is 11.1. The van der Waals surface area contributed by atoms with Crippen LogP contribution in [-0.4, -0.2) is 42.1 Å². The summed E-state index contributed by atoms with van der Waals surface area (Å²) in [5.74, 6) is 0.126. The van der Waals surface area contributed by atoms with Crippen LogP contribution in [0.15, 0.2) is 42.0 Å². The molecule has 5 heteroatoms. The molecule has 2 bridgehead atoms. The molecular formula is C20H25NO4. The number of amides is 1. The quantitative estimate of drug-likeness (QED) is 0.787. The van der Waals surface area contributed by atoms with Gasteiger partial charge in [0.15, 0.2) is 5.78 Å². The normalized spacial score (nSPS) is 25.2. The highest BCUT2D eigenvalue weighted by Crippen LogP contribution is 2.33. The summed E-state index contributed by atoms with van der Waals surface area (Å²) in [7, 11) is 0. The fourth-order valence-corrected chi connectivity index (χ4v) is 3.64. The van der Waals surface area contributed by atoms with E-state index in [2.05, 4.69) is 0 Å². The van der Waals surface area contributed by atoms with Crippen molar-refractivity contribution in [3.8, 4) is 0 Å². The van der Waals surface area contributed by atoms with Gasteiger partial charge in [-0.05, 0) is 38.3 Å². The fraction of sp³-hybridized carbons (Fsp3) is 0.500. The number of morpholine rings is 1. The van der Waals surface area contributed by atoms with Gasteiger partial charge in [0.1, 0.15) is 6.61 Å². The predicted octanol–water partition coefficient (Wildman–Crippen LogP) is 3.34. The van der Waals surface area contributed by atoms with Crippen molar-refractivity contribution < 1.29 is 19.1 Å². The van der Waals surface area contributed by atoms with E-state index in [1.165, 1.54) is 0 Å². The van der Waals surface area contributed by atoms with Gasteiger partial charge in [-0.25, -0.2) is 4.79 Å². The van der Waals surface area contributed by atoms with Crippen LogP contribution < -0.4 is 0 Å². The summed E-state index contributed by atoms with van der Waals surface area (Å²) in [5.41, 5.74) is 1.97. The Kier molecular flexibility index (Phi) is 5.53. The number of carbonyl (C=O) groups excluding carboxylic acids is 2. The van der Waals surface area contributed by atoms with Gasteiger partial charge in [-0.2, -0.15) is 0 Å². The van der Waals surface area contributed by atoms with Crippen LogP contribution in [0.25, 0.3) is 0 Å². The smallest absolute Gasteiger partial charge is 0.410 e. The second-order valence-electron chi connectivity index (χ2n) is 7.08. The number of carbonyl (C=O) groups is 2. The van der Waals surface area contributed by atoms with Crippen LogP contribution in [0.5, 0.6) is 0 Å². The van der Waals surface area contributed by atoms with E-state index in [4.69, 9.17) is 9.47 Å². The fourth-order valence-electron chi connectivity index (χ4n) is 3.64. The summed E-state index contributed by atoms with van der Waals surface area (Å²) in [6.07, 6.45) is 2.68. The number of ketones is 1. The Hall–Kier alpha value is -2.14. The third kappa shape index (κ3) is 4.28. The highest BCUT2D eigenvalue weighted by molar-refractivity contribution is 5.92. The average Bonchev–Trinajstić information content (AvgIpc) is 2.58. The van der Waals surface area contributed by atoms with Gasteiger partial charge < -0.3 is 9.47 Å². The van der Waals surface area contributed by atoms with Crippen LogP contribution in [0.4, 0.5) is 4.79 Å². The maximum absolute atomic E-state index is 12.6. The third-order valence-corrected chi connectivity index (χ3v) is 4.77. The average molecular weight is 343 g/mol. The Morgan fingerprint density at radius 3 is 2.40 bits per heavy atom. The molecule has 2 aliphatic rings. The second-order valence-corrected chi connectivity index (χ2v) is 7.08. The number of nitrogens with zero attached hydrogens (tertiary/aromatic N) is 1. The highest BCUT2D eigenvalue weighted by atomic mass is 16.6. The minimum atomic E-state index is -0.310. The van der Waals surface area contributed by atoms with Gasteiger partial charge in [0, 0.05) is 5.92 Å². The lowest BCUT2D eigenvalue weighted by Gasteiger charge is -2.47. The van der Waals surface area contributed by atoms with Gasteiger partial charge in [-0.15, -0.1) is 0 Å². The number of fused-ring (bicyclic) bond motifs is 2. The standard InChI is InChI=1S/C20H25NO4/c1-14(2)8-19(22)16-9-17-12-24-13-18(10-16)21(17)20(23)25-11-15-6-4-3-5-7-15/h3-8,16-18H,9-13H2,1-2H3. The number of ether oxygens (including phenoxy) is 2. The monoisotopic (exact) mass is 343 g/mol. The van der Waals surface area contributed by atoms with Gasteiger partial charge in [0.2, 0.25) is 0 Å². The molecule has 2 fully saturated rings. The Morgan fingerprint density at radius 1 is 1.16 bits per heavy atom. The van der Waals surface area contributed by atoms with Gasteiger partial charge in [0.25, 0.3) is 0 Å². The number of benzene rings is 1. The lowest BCUT2D eigenvalue weighted by molar-refractivity contribution is -0.126. The van der Waals surface area contributed by atoms with Gasteiger partial charge in [-0.3, -0.25) is 9.69 Å². The van der Waals surface area contributed by atoms with E-state index in [9.17, 15) is 9.59 Å². The molecule has 5 nitrogen and oxygen atoms in total. The first-order valence-corrected chi connectivity index (χ1v) is 8.80. The number of rotatable bonds is 4. The topological polar surface area (TPSA) is 55.8 Å². The van der Waals surface area contributed by atoms with Crippen molar-refractivity contribution in [2.24, 2.45) is 5.92 Å². The predicted molar refractivity (Wildman–Crippen MR) is 94.0 cm³/mol. The van der Waals surface area contributed by atoms with Crippen molar-refractivity contribution in [2.75, 3.05) is 13.2 Å². The first kappa shape index (κ1) is 17.7. The molecule has 2 atom stereocenters. The maximum Gasteiger partial charge on any atom is 0.410 e. The van der Waals surface area contributed by atoms with Crippen molar-refractivity contribution in [2.45, 2.75) is 45.4 Å². The molecule has 1 aromatic rings. The molecule has 2 heterocycles. The molecule has 0 radical (unpaired) electrons. The lowest BCUT2D eigenvalue weighted by Crippen LogP contribution is -2.59. The first-order chi connectivity index (χ1) is 12.0. The molecule has 0 aromatic heterocycles. The van der Waals surface area contributed by atoms with Crippen LogP contribution in [0, 0.1) is 5.92 Å². The van der Waals surface area contributed by atoms with Crippen molar-refractivity contribution in [3.63, 3.8) is 0 Å². The summed E-state index contributed by atoms with van der Waals surface area (Å²) in [4.78, 5) is 26.8. The van der Waals surface area contributed by atoms with Crippen LogP contribution >= 0.6 is 0 Å². The van der Waals surface area contributed by atoms with E-state index in [-0.39, 0.29) is 36.5 Å². The second kappa shape index (κ2) is 7.83. The van der Waals surface area contributed by atoms with E-state index in [1.807, 2.05) is 44.2 Å². The molecule has 2 saturated heterocycles. The molecule has 2 unspecified atom stereocenters. The van der Waals surface area contributed by atoms with Crippen LogP contribution in [-0.2, 0) is 20.9 Å². The molecule has 134 valence electrons. The highest BCUT2D eigenvalue weighted by Gasteiger charge is 2.43. The summed E-state index contributed by atoms with van der Waals surface area (Å²) >= 11 is 0. The Labute approximate surface area is 148 Å². The van der Waals surface area contributed by atoms with Crippen LogP contribution in [0.2, 0.25) is 0 Å². The first-order valence-electron chi connectivity index (χ1n) is 8.80.